The monoisotopic (exact) mass is 68.0 g/mol. The molecule has 0 aliphatic heterocycles. The molecule has 0 aromatic carbocycles. The summed E-state index contributed by atoms with van der Waals surface area (Å²) in [5, 5.41) is 16.0. The number of aliphatic hydroxyl groups excluding tert-OH is 2. The van der Waals surface area contributed by atoms with E-state index in [1.807, 2.05) is 0 Å². The van der Waals surface area contributed by atoms with Crippen molar-refractivity contribution in [1.82, 2.24) is 0 Å². The van der Waals surface area contributed by atoms with Crippen LogP contribution in [-0.2, 0) is 0 Å². The molecule has 0 amide bonds. The predicted octanol–water partition coefficient (Wildman–Crippen LogP) is -1.53. The molecule has 0 aromatic heterocycles. The molecule has 0 aliphatic carbocycles. The molecule has 0 bridgehead atoms. The maximum atomic E-state index is 8.11. The standard InChI is InChI=1S/C2H5O2.Li/c3-1-2-4;/h1,3-4H,2H2;. The molecule has 0 heterocycles. The minimum absolute atomic E-state index is 0.139. The van der Waals surface area contributed by atoms with Crippen LogP contribution in [0.15, 0.2) is 0 Å². The topological polar surface area (TPSA) is 40.5 Å². The van der Waals surface area contributed by atoms with Crippen molar-refractivity contribution >= 4 is 17.7 Å². The van der Waals surface area contributed by atoms with Gasteiger partial charge in [-0.25, -0.2) is 0 Å². The van der Waals surface area contributed by atoms with Gasteiger partial charge < -0.3 is 0 Å². The molecule has 2 N–H and O–H groups in total. The van der Waals surface area contributed by atoms with Crippen molar-refractivity contribution in [2.45, 2.75) is 4.78 Å². The predicted molar refractivity (Wildman–Crippen MR) is 18.8 cm³/mol. The minimum atomic E-state index is -0.560. The Kier molecular flexibility index (Phi) is 3.02. The molecule has 0 aromatic rings. The third-order valence-electron chi connectivity index (χ3n) is 0.264. The summed E-state index contributed by atoms with van der Waals surface area (Å²) in [5.74, 6) is 0. The Morgan fingerprint density at radius 3 is 2.00 bits per heavy atom. The van der Waals surface area contributed by atoms with Gasteiger partial charge in [-0.1, -0.05) is 0 Å². The molecule has 0 saturated carbocycles. The fourth-order valence-corrected chi connectivity index (χ4v) is 0. The molecule has 0 rings (SSSR count). The molecule has 0 radical (unpaired) electrons. The number of rotatable bonds is 1. The molecule has 0 saturated heterocycles. The van der Waals surface area contributed by atoms with E-state index in [1.165, 1.54) is 17.7 Å². The first-order valence-corrected chi connectivity index (χ1v) is 1.56. The van der Waals surface area contributed by atoms with E-state index in [1.54, 1.807) is 0 Å². The second-order valence-electron chi connectivity index (χ2n) is 1.03. The Hall–Kier alpha value is 0.517. The van der Waals surface area contributed by atoms with Crippen molar-refractivity contribution in [3.8, 4) is 0 Å². The van der Waals surface area contributed by atoms with Crippen LogP contribution in [0, 0.1) is 0 Å². The van der Waals surface area contributed by atoms with Gasteiger partial charge >= 0.3 is 39.3 Å². The van der Waals surface area contributed by atoms with Crippen LogP contribution in [0.3, 0.4) is 0 Å². The van der Waals surface area contributed by atoms with Gasteiger partial charge in [-0.3, -0.25) is 0 Å². The molecule has 3 heteroatoms. The first-order chi connectivity index (χ1) is 2.27. The average molecular weight is 68.0 g/mol. The molecular formula is C2H5LiO2. The summed E-state index contributed by atoms with van der Waals surface area (Å²) in [4.78, 5) is 0. The molecule has 0 spiro atoms. The third-order valence-corrected chi connectivity index (χ3v) is 0.264. The zero-order valence-electron chi connectivity index (χ0n) is 3.18. The maximum absolute atomic E-state index is 8.11. The molecule has 26 valence electrons. The normalized spacial score (nSPS) is 15.2. The van der Waals surface area contributed by atoms with Crippen LogP contribution in [-0.4, -0.2) is 39.3 Å². The Morgan fingerprint density at radius 1 is 1.80 bits per heavy atom. The molecule has 5 heavy (non-hydrogen) atoms. The van der Waals surface area contributed by atoms with Crippen LogP contribution in [0.1, 0.15) is 0 Å². The number of hydrogen-bond acceptors (Lipinski definition) is 2. The summed E-state index contributed by atoms with van der Waals surface area (Å²) in [7, 11) is 0. The fourth-order valence-electron chi connectivity index (χ4n) is 0. The first-order valence-electron chi connectivity index (χ1n) is 1.56. The quantitative estimate of drug-likeness (QED) is 0.366. The van der Waals surface area contributed by atoms with Gasteiger partial charge in [-0.2, -0.15) is 0 Å². The van der Waals surface area contributed by atoms with Crippen LogP contribution in [0.5, 0.6) is 0 Å². The first kappa shape index (κ1) is 5.52. The van der Waals surface area contributed by atoms with E-state index in [0.717, 1.165) is 0 Å². The SMILES string of the molecule is [Li][CH](O)CO. The van der Waals surface area contributed by atoms with E-state index in [4.69, 9.17) is 10.2 Å². The van der Waals surface area contributed by atoms with Crippen LogP contribution < -0.4 is 0 Å². The third kappa shape index (κ3) is 4.52. The van der Waals surface area contributed by atoms with Gasteiger partial charge in [0.1, 0.15) is 0 Å². The summed E-state index contributed by atoms with van der Waals surface area (Å²) >= 11 is 1.53. The van der Waals surface area contributed by atoms with Crippen molar-refractivity contribution < 1.29 is 10.2 Å². The van der Waals surface area contributed by atoms with Gasteiger partial charge in [0.2, 0.25) is 0 Å². The van der Waals surface area contributed by atoms with E-state index in [-0.39, 0.29) is 6.61 Å². The van der Waals surface area contributed by atoms with E-state index >= 15 is 0 Å². The zero-order valence-corrected chi connectivity index (χ0v) is 3.18. The summed E-state index contributed by atoms with van der Waals surface area (Å²) in [6.45, 7) is -0.139. The Morgan fingerprint density at radius 2 is 2.00 bits per heavy atom. The zero-order chi connectivity index (χ0) is 4.28. The number of aliphatic hydroxyl groups is 2. The Balaban J connectivity index is 2.54. The summed E-state index contributed by atoms with van der Waals surface area (Å²) in [6, 6.07) is 0. The second kappa shape index (κ2) is 2.74. The Labute approximate surface area is 40.0 Å². The summed E-state index contributed by atoms with van der Waals surface area (Å²) in [5.41, 5.74) is 0. The number of hydrogen-bond donors (Lipinski definition) is 2. The van der Waals surface area contributed by atoms with Gasteiger partial charge in [0, 0.05) is 0 Å². The van der Waals surface area contributed by atoms with E-state index in [0.29, 0.717) is 0 Å². The average Bonchev–Trinajstić information content (AvgIpc) is 1.38. The second-order valence-corrected chi connectivity index (χ2v) is 1.03. The molecule has 0 fully saturated rings. The van der Waals surface area contributed by atoms with Crippen molar-refractivity contribution in [1.29, 1.82) is 0 Å². The molecular weight excluding hydrogens is 63.0 g/mol. The van der Waals surface area contributed by atoms with Gasteiger partial charge in [0.25, 0.3) is 0 Å². The van der Waals surface area contributed by atoms with Gasteiger partial charge in [-0.05, 0) is 0 Å². The van der Waals surface area contributed by atoms with Crippen LogP contribution >= 0.6 is 0 Å². The van der Waals surface area contributed by atoms with Crippen molar-refractivity contribution in [3.63, 3.8) is 0 Å². The van der Waals surface area contributed by atoms with Gasteiger partial charge in [0.15, 0.2) is 0 Å². The van der Waals surface area contributed by atoms with Gasteiger partial charge in [0.05, 0.1) is 0 Å². The van der Waals surface area contributed by atoms with E-state index < -0.39 is 4.78 Å². The van der Waals surface area contributed by atoms with E-state index in [9.17, 15) is 0 Å². The van der Waals surface area contributed by atoms with Crippen molar-refractivity contribution in [2.24, 2.45) is 0 Å². The van der Waals surface area contributed by atoms with Gasteiger partial charge in [-0.15, -0.1) is 0 Å². The van der Waals surface area contributed by atoms with Crippen LogP contribution in [0.25, 0.3) is 0 Å². The van der Waals surface area contributed by atoms with Crippen LogP contribution in [0.4, 0.5) is 0 Å². The van der Waals surface area contributed by atoms with E-state index in [2.05, 4.69) is 0 Å². The molecule has 2 nitrogen and oxygen atoms in total. The fraction of sp³-hybridized carbons (Fsp3) is 1.00. The molecule has 0 aliphatic rings. The molecule has 1 unspecified atom stereocenters. The van der Waals surface area contributed by atoms with Crippen molar-refractivity contribution in [3.05, 3.63) is 0 Å². The van der Waals surface area contributed by atoms with Crippen LogP contribution in [0.2, 0.25) is 0 Å². The van der Waals surface area contributed by atoms with Crippen molar-refractivity contribution in [2.75, 3.05) is 6.61 Å². The Bertz CT molecular complexity index is 21.6. The summed E-state index contributed by atoms with van der Waals surface area (Å²) in [6.07, 6.45) is 0. The summed E-state index contributed by atoms with van der Waals surface area (Å²) < 4.78 is -0.560. The molecule has 1 atom stereocenters.